The molecule has 0 radical (unpaired) electrons. The van der Waals surface area contributed by atoms with E-state index in [9.17, 15) is 4.79 Å². The van der Waals surface area contributed by atoms with E-state index < -0.39 is 5.43 Å². The Labute approximate surface area is 102 Å². The van der Waals surface area contributed by atoms with Crippen molar-refractivity contribution in [2.24, 2.45) is 0 Å². The molecule has 0 fully saturated rings. The zero-order valence-corrected chi connectivity index (χ0v) is 10.2. The molecule has 1 aromatic rings. The van der Waals surface area contributed by atoms with Crippen molar-refractivity contribution in [3.8, 4) is 0 Å². The third kappa shape index (κ3) is 10.8. The number of hydrogen-bond acceptors (Lipinski definition) is 2. The minimum atomic E-state index is -0.737. The fourth-order valence-corrected chi connectivity index (χ4v) is 0.992. The summed E-state index contributed by atoms with van der Waals surface area (Å²) in [5.74, 6) is 0. The molecule has 0 aliphatic rings. The van der Waals surface area contributed by atoms with Gasteiger partial charge in [0.2, 0.25) is 0 Å². The molecular formula is C13H17ClO2. The minimum Gasteiger partial charge on any atom is -0.454 e. The Kier molecular flexibility index (Phi) is 9.43. The number of hydrogen-bond donors (Lipinski definition) is 0. The number of aryl methyl sites for hydroxylation is 1. The van der Waals surface area contributed by atoms with Crippen molar-refractivity contribution in [1.29, 1.82) is 0 Å². The SMILES string of the molecule is C=CCCCOC(=O)Cl.Cc1ccccc1. The summed E-state index contributed by atoms with van der Waals surface area (Å²) < 4.78 is 4.42. The number of carbonyl (C=O) groups excluding carboxylic acids is 1. The third-order valence-electron chi connectivity index (χ3n) is 1.71. The summed E-state index contributed by atoms with van der Waals surface area (Å²) in [5, 5.41) is 0. The van der Waals surface area contributed by atoms with Gasteiger partial charge in [0.25, 0.3) is 0 Å². The van der Waals surface area contributed by atoms with Crippen molar-refractivity contribution < 1.29 is 9.53 Å². The lowest BCUT2D eigenvalue weighted by atomic mass is 10.2. The molecule has 3 heteroatoms. The van der Waals surface area contributed by atoms with E-state index >= 15 is 0 Å². The molecule has 0 unspecified atom stereocenters. The Balaban J connectivity index is 0.000000288. The maximum absolute atomic E-state index is 9.92. The zero-order chi connectivity index (χ0) is 12.2. The fraction of sp³-hybridized carbons (Fsp3) is 0.308. The van der Waals surface area contributed by atoms with E-state index in [0.29, 0.717) is 6.61 Å². The maximum Gasteiger partial charge on any atom is 0.403 e. The van der Waals surface area contributed by atoms with Crippen LogP contribution in [-0.4, -0.2) is 12.0 Å². The van der Waals surface area contributed by atoms with Crippen LogP contribution in [0.1, 0.15) is 18.4 Å². The summed E-state index contributed by atoms with van der Waals surface area (Å²) in [6.45, 7) is 5.97. The monoisotopic (exact) mass is 240 g/mol. The van der Waals surface area contributed by atoms with Gasteiger partial charge in [-0.15, -0.1) is 6.58 Å². The topological polar surface area (TPSA) is 26.3 Å². The maximum atomic E-state index is 9.92. The summed E-state index contributed by atoms with van der Waals surface area (Å²) in [4.78, 5) is 9.92. The molecule has 0 atom stereocenters. The predicted molar refractivity (Wildman–Crippen MR) is 67.8 cm³/mol. The number of allylic oxidation sites excluding steroid dienone is 1. The number of halogens is 1. The van der Waals surface area contributed by atoms with Crippen LogP contribution in [0.15, 0.2) is 43.0 Å². The molecule has 0 spiro atoms. The van der Waals surface area contributed by atoms with E-state index in [2.05, 4.69) is 30.4 Å². The highest BCUT2D eigenvalue weighted by molar-refractivity contribution is 6.61. The zero-order valence-electron chi connectivity index (χ0n) is 9.49. The molecule has 1 aromatic carbocycles. The molecule has 0 saturated carbocycles. The van der Waals surface area contributed by atoms with Gasteiger partial charge >= 0.3 is 5.43 Å². The second-order valence-corrected chi connectivity index (χ2v) is 3.48. The molecule has 2 nitrogen and oxygen atoms in total. The lowest BCUT2D eigenvalue weighted by molar-refractivity contribution is 0.172. The second-order valence-electron chi connectivity index (χ2n) is 3.17. The van der Waals surface area contributed by atoms with Crippen LogP contribution in [0, 0.1) is 6.92 Å². The Morgan fingerprint density at radius 3 is 2.44 bits per heavy atom. The number of benzene rings is 1. The van der Waals surface area contributed by atoms with Crippen molar-refractivity contribution in [2.45, 2.75) is 19.8 Å². The van der Waals surface area contributed by atoms with Gasteiger partial charge in [0.15, 0.2) is 0 Å². The molecule has 0 amide bonds. The van der Waals surface area contributed by atoms with Crippen LogP contribution in [-0.2, 0) is 4.74 Å². The number of ether oxygens (including phenoxy) is 1. The summed E-state index contributed by atoms with van der Waals surface area (Å²) in [5.41, 5.74) is 0.585. The van der Waals surface area contributed by atoms with Crippen LogP contribution in [0.25, 0.3) is 0 Å². The highest BCUT2D eigenvalue weighted by Crippen LogP contribution is 1.93. The van der Waals surface area contributed by atoms with Crippen molar-refractivity contribution in [2.75, 3.05) is 6.61 Å². The van der Waals surface area contributed by atoms with Gasteiger partial charge in [-0.1, -0.05) is 42.0 Å². The summed E-state index contributed by atoms with van der Waals surface area (Å²) in [6.07, 6.45) is 3.41. The highest BCUT2D eigenvalue weighted by Gasteiger charge is 1.91. The first-order valence-electron chi connectivity index (χ1n) is 5.11. The van der Waals surface area contributed by atoms with Gasteiger partial charge in [-0.2, -0.15) is 0 Å². The van der Waals surface area contributed by atoms with E-state index in [1.807, 2.05) is 18.2 Å². The second kappa shape index (κ2) is 10.2. The van der Waals surface area contributed by atoms with Gasteiger partial charge in [0, 0.05) is 11.6 Å². The molecule has 0 aliphatic carbocycles. The Morgan fingerprint density at radius 2 is 2.06 bits per heavy atom. The van der Waals surface area contributed by atoms with Crippen molar-refractivity contribution in [1.82, 2.24) is 0 Å². The summed E-state index contributed by atoms with van der Waals surface area (Å²) in [7, 11) is 0. The van der Waals surface area contributed by atoms with Gasteiger partial charge in [-0.3, -0.25) is 0 Å². The molecule has 0 aliphatic heterocycles. The third-order valence-corrected chi connectivity index (χ3v) is 1.82. The Bertz CT molecular complexity index is 296. The Hall–Kier alpha value is -1.28. The van der Waals surface area contributed by atoms with Gasteiger partial charge in [0.1, 0.15) is 0 Å². The first-order valence-corrected chi connectivity index (χ1v) is 5.49. The lowest BCUT2D eigenvalue weighted by Gasteiger charge is -1.95. The molecule has 0 N–H and O–H groups in total. The summed E-state index contributed by atoms with van der Waals surface area (Å²) >= 11 is 4.87. The molecule has 0 saturated heterocycles. The first kappa shape index (κ1) is 14.7. The molecule has 0 bridgehead atoms. The Morgan fingerprint density at radius 1 is 1.44 bits per heavy atom. The largest absolute Gasteiger partial charge is 0.454 e. The van der Waals surface area contributed by atoms with Crippen LogP contribution in [0.4, 0.5) is 4.79 Å². The van der Waals surface area contributed by atoms with Crippen LogP contribution in [0.3, 0.4) is 0 Å². The minimum absolute atomic E-state index is 0.383. The molecule has 0 heterocycles. The van der Waals surface area contributed by atoms with E-state index in [-0.39, 0.29) is 0 Å². The van der Waals surface area contributed by atoms with Crippen molar-refractivity contribution in [3.63, 3.8) is 0 Å². The standard InChI is InChI=1S/C7H8.C6H9ClO2/c1-7-5-3-2-4-6-7;1-2-3-4-5-9-6(7)8/h2-6H,1H3;2H,1,3-5H2. The highest BCUT2D eigenvalue weighted by atomic mass is 35.5. The van der Waals surface area contributed by atoms with Crippen LogP contribution < -0.4 is 0 Å². The molecule has 1 rings (SSSR count). The van der Waals surface area contributed by atoms with E-state index in [1.165, 1.54) is 5.56 Å². The van der Waals surface area contributed by atoms with E-state index in [4.69, 9.17) is 11.6 Å². The summed E-state index contributed by atoms with van der Waals surface area (Å²) in [6, 6.07) is 10.3. The van der Waals surface area contributed by atoms with Gasteiger partial charge in [-0.25, -0.2) is 4.79 Å². The average molecular weight is 241 g/mol. The van der Waals surface area contributed by atoms with E-state index in [0.717, 1.165) is 12.8 Å². The number of rotatable bonds is 4. The molecular weight excluding hydrogens is 224 g/mol. The van der Waals surface area contributed by atoms with Crippen molar-refractivity contribution in [3.05, 3.63) is 48.6 Å². The fourth-order valence-electron chi connectivity index (χ4n) is 0.914. The predicted octanol–water partition coefficient (Wildman–Crippen LogP) is 4.32. The quantitative estimate of drug-likeness (QED) is 0.445. The van der Waals surface area contributed by atoms with Crippen LogP contribution >= 0.6 is 11.6 Å². The lowest BCUT2D eigenvalue weighted by Crippen LogP contribution is -1.94. The van der Waals surface area contributed by atoms with Gasteiger partial charge < -0.3 is 4.74 Å². The first-order chi connectivity index (χ1) is 7.66. The molecule has 0 aromatic heterocycles. The molecule has 16 heavy (non-hydrogen) atoms. The number of unbranched alkanes of at least 4 members (excludes halogenated alkanes) is 1. The smallest absolute Gasteiger partial charge is 0.403 e. The average Bonchev–Trinajstić information content (AvgIpc) is 2.26. The van der Waals surface area contributed by atoms with Gasteiger partial charge in [0.05, 0.1) is 6.61 Å². The molecule has 88 valence electrons. The van der Waals surface area contributed by atoms with E-state index in [1.54, 1.807) is 6.08 Å². The van der Waals surface area contributed by atoms with Crippen LogP contribution in [0.2, 0.25) is 0 Å². The normalized spacial score (nSPS) is 8.62. The van der Waals surface area contributed by atoms with Crippen LogP contribution in [0.5, 0.6) is 0 Å². The number of carbonyl (C=O) groups is 1. The van der Waals surface area contributed by atoms with Gasteiger partial charge in [-0.05, 0) is 19.8 Å². The van der Waals surface area contributed by atoms with Crippen molar-refractivity contribution >= 4 is 17.0 Å².